The molecule has 0 amide bonds. The van der Waals surface area contributed by atoms with Crippen LogP contribution in [-0.2, 0) is 11.2 Å². The van der Waals surface area contributed by atoms with Crippen molar-refractivity contribution in [2.24, 2.45) is 5.92 Å². The van der Waals surface area contributed by atoms with E-state index in [9.17, 15) is 9.90 Å². The van der Waals surface area contributed by atoms with Crippen molar-refractivity contribution in [3.63, 3.8) is 0 Å². The quantitative estimate of drug-likeness (QED) is 0.844. The molecule has 0 heterocycles. The van der Waals surface area contributed by atoms with Crippen molar-refractivity contribution < 1.29 is 19.7 Å². The van der Waals surface area contributed by atoms with Crippen LogP contribution in [0.3, 0.4) is 0 Å². The zero-order chi connectivity index (χ0) is 13.2. The van der Waals surface area contributed by atoms with Crippen molar-refractivity contribution in [1.29, 1.82) is 0 Å². The zero-order valence-electron chi connectivity index (χ0n) is 10.6. The Kier molecular flexibility index (Phi) is 3.99. The van der Waals surface area contributed by atoms with Crippen LogP contribution in [0.25, 0.3) is 0 Å². The summed E-state index contributed by atoms with van der Waals surface area (Å²) in [6.45, 7) is 5.20. The highest BCUT2D eigenvalue weighted by atomic mass is 16.5. The number of hydrogen-bond acceptors (Lipinski definition) is 3. The largest absolute Gasteiger partial charge is 0.507 e. The van der Waals surface area contributed by atoms with E-state index in [4.69, 9.17) is 9.84 Å². The van der Waals surface area contributed by atoms with E-state index in [0.717, 1.165) is 11.1 Å². The third-order valence-corrected chi connectivity index (χ3v) is 2.90. The lowest BCUT2D eigenvalue weighted by molar-refractivity contribution is -0.141. The second-order valence-corrected chi connectivity index (χ2v) is 4.30. The second kappa shape index (κ2) is 5.08. The van der Waals surface area contributed by atoms with Crippen LogP contribution in [0, 0.1) is 19.8 Å². The first-order valence-corrected chi connectivity index (χ1v) is 5.47. The summed E-state index contributed by atoms with van der Waals surface area (Å²) in [5.41, 5.74) is 2.20. The molecule has 1 atom stereocenters. The highest BCUT2D eigenvalue weighted by molar-refractivity contribution is 5.70. The fraction of sp³-hybridized carbons (Fsp3) is 0.462. The number of carbonyl (C=O) groups is 1. The maximum absolute atomic E-state index is 10.8. The molecule has 0 spiro atoms. The number of benzene rings is 1. The number of hydrogen-bond donors (Lipinski definition) is 2. The van der Waals surface area contributed by atoms with Gasteiger partial charge in [-0.1, -0.05) is 6.92 Å². The van der Waals surface area contributed by atoms with E-state index >= 15 is 0 Å². The molecule has 0 aliphatic heterocycles. The molecule has 0 aliphatic rings. The third kappa shape index (κ3) is 2.70. The van der Waals surface area contributed by atoms with E-state index < -0.39 is 11.9 Å². The molecular formula is C13H18O4. The number of carboxylic acids is 1. The lowest BCUT2D eigenvalue weighted by Crippen LogP contribution is -2.13. The highest BCUT2D eigenvalue weighted by Gasteiger charge is 2.18. The van der Waals surface area contributed by atoms with Crippen LogP contribution in [0.15, 0.2) is 6.07 Å². The molecule has 0 aliphatic carbocycles. The first-order chi connectivity index (χ1) is 7.88. The van der Waals surface area contributed by atoms with Gasteiger partial charge >= 0.3 is 5.97 Å². The van der Waals surface area contributed by atoms with Crippen molar-refractivity contribution in [2.45, 2.75) is 27.2 Å². The van der Waals surface area contributed by atoms with Crippen molar-refractivity contribution in [1.82, 2.24) is 0 Å². The molecule has 2 N–H and O–H groups in total. The normalized spacial score (nSPS) is 12.2. The molecular weight excluding hydrogens is 220 g/mol. The Hall–Kier alpha value is -1.71. The highest BCUT2D eigenvalue weighted by Crippen LogP contribution is 2.34. The van der Waals surface area contributed by atoms with Gasteiger partial charge in [-0.3, -0.25) is 4.79 Å². The maximum Gasteiger partial charge on any atom is 0.306 e. The van der Waals surface area contributed by atoms with Crippen molar-refractivity contribution >= 4 is 5.97 Å². The average Bonchev–Trinajstić information content (AvgIpc) is 2.26. The number of phenols is 1. The maximum atomic E-state index is 10.8. The Bertz CT molecular complexity index is 438. The molecule has 1 unspecified atom stereocenters. The molecule has 0 radical (unpaired) electrons. The Morgan fingerprint density at radius 1 is 1.47 bits per heavy atom. The van der Waals surface area contributed by atoms with E-state index in [1.165, 1.54) is 7.11 Å². The molecule has 0 saturated carbocycles. The van der Waals surface area contributed by atoms with Crippen molar-refractivity contribution in [3.8, 4) is 11.5 Å². The van der Waals surface area contributed by atoms with Gasteiger partial charge in [0.2, 0.25) is 0 Å². The lowest BCUT2D eigenvalue weighted by atomic mass is 9.96. The first kappa shape index (κ1) is 13.4. The van der Waals surface area contributed by atoms with Gasteiger partial charge < -0.3 is 14.9 Å². The summed E-state index contributed by atoms with van der Waals surface area (Å²) in [5.74, 6) is -0.544. The Balaban J connectivity index is 3.19. The molecule has 0 saturated heterocycles. The molecule has 0 aromatic heterocycles. The predicted octanol–water partition coefficient (Wildman–Crippen LogP) is 2.28. The summed E-state index contributed by atoms with van der Waals surface area (Å²) in [5, 5.41) is 18.7. The van der Waals surface area contributed by atoms with Gasteiger partial charge in [0.25, 0.3) is 0 Å². The van der Waals surface area contributed by atoms with Crippen molar-refractivity contribution in [2.75, 3.05) is 7.11 Å². The number of aliphatic carboxylic acids is 1. The molecule has 0 bridgehead atoms. The van der Waals surface area contributed by atoms with Crippen LogP contribution >= 0.6 is 0 Å². The third-order valence-electron chi connectivity index (χ3n) is 2.90. The predicted molar refractivity (Wildman–Crippen MR) is 64.6 cm³/mol. The van der Waals surface area contributed by atoms with Gasteiger partial charge in [-0.15, -0.1) is 0 Å². The summed E-state index contributed by atoms with van der Waals surface area (Å²) in [7, 11) is 1.52. The zero-order valence-corrected chi connectivity index (χ0v) is 10.6. The summed E-state index contributed by atoms with van der Waals surface area (Å²) >= 11 is 0. The number of aryl methyl sites for hydroxylation is 1. The molecule has 1 rings (SSSR count). The molecule has 17 heavy (non-hydrogen) atoms. The van der Waals surface area contributed by atoms with Gasteiger partial charge in [0.15, 0.2) is 0 Å². The number of rotatable bonds is 4. The summed E-state index contributed by atoms with van der Waals surface area (Å²) in [6.07, 6.45) is 0.389. The number of aromatic hydroxyl groups is 1. The summed E-state index contributed by atoms with van der Waals surface area (Å²) in [4.78, 5) is 10.8. The monoisotopic (exact) mass is 238 g/mol. The molecule has 94 valence electrons. The van der Waals surface area contributed by atoms with Crippen LogP contribution < -0.4 is 4.74 Å². The van der Waals surface area contributed by atoms with Crippen LogP contribution in [-0.4, -0.2) is 23.3 Å². The van der Waals surface area contributed by atoms with E-state index in [1.807, 2.05) is 0 Å². The number of carboxylic acid groups (broad SMARTS) is 1. The van der Waals surface area contributed by atoms with Crippen molar-refractivity contribution in [3.05, 3.63) is 22.8 Å². The molecule has 0 fully saturated rings. The average molecular weight is 238 g/mol. The molecule has 1 aromatic carbocycles. The van der Waals surface area contributed by atoms with E-state index in [1.54, 1.807) is 26.8 Å². The van der Waals surface area contributed by atoms with Gasteiger partial charge in [-0.25, -0.2) is 0 Å². The first-order valence-electron chi connectivity index (χ1n) is 5.47. The Morgan fingerprint density at radius 2 is 2.06 bits per heavy atom. The SMILES string of the molecule is COc1c(CC(C)C(=O)O)cc(C)c(O)c1C. The van der Waals surface area contributed by atoms with Crippen LogP contribution in [0.5, 0.6) is 11.5 Å². The minimum atomic E-state index is -0.838. The lowest BCUT2D eigenvalue weighted by Gasteiger charge is -2.16. The minimum Gasteiger partial charge on any atom is -0.507 e. The standard InChI is InChI=1S/C13H18O4/c1-7-5-10(6-8(2)13(15)16)12(17-4)9(3)11(7)14/h5,8,14H,6H2,1-4H3,(H,15,16). The van der Waals surface area contributed by atoms with Gasteiger partial charge in [-0.05, 0) is 37.5 Å². The Morgan fingerprint density at radius 3 is 2.53 bits per heavy atom. The van der Waals surface area contributed by atoms with Gasteiger partial charge in [-0.2, -0.15) is 0 Å². The van der Waals surface area contributed by atoms with Gasteiger partial charge in [0.1, 0.15) is 11.5 Å². The number of phenolic OH excluding ortho intramolecular Hbond substituents is 1. The van der Waals surface area contributed by atoms with E-state index in [2.05, 4.69) is 0 Å². The van der Waals surface area contributed by atoms with E-state index in [-0.39, 0.29) is 5.75 Å². The smallest absolute Gasteiger partial charge is 0.306 e. The number of methoxy groups -OCH3 is 1. The van der Waals surface area contributed by atoms with Crippen LogP contribution in [0.4, 0.5) is 0 Å². The molecule has 1 aromatic rings. The fourth-order valence-electron chi connectivity index (χ4n) is 1.89. The van der Waals surface area contributed by atoms with Gasteiger partial charge in [0, 0.05) is 5.56 Å². The van der Waals surface area contributed by atoms with Crippen LogP contribution in [0.2, 0.25) is 0 Å². The topological polar surface area (TPSA) is 66.8 Å². The summed E-state index contributed by atoms with van der Waals surface area (Å²) in [6, 6.07) is 1.78. The second-order valence-electron chi connectivity index (χ2n) is 4.30. The molecule has 4 heteroatoms. The fourth-order valence-corrected chi connectivity index (χ4v) is 1.89. The minimum absolute atomic E-state index is 0.202. The number of ether oxygens (including phenoxy) is 1. The van der Waals surface area contributed by atoms with Crippen LogP contribution in [0.1, 0.15) is 23.6 Å². The summed E-state index contributed by atoms with van der Waals surface area (Å²) < 4.78 is 5.24. The van der Waals surface area contributed by atoms with E-state index in [0.29, 0.717) is 17.7 Å². The van der Waals surface area contributed by atoms with Gasteiger partial charge in [0.05, 0.1) is 13.0 Å². The molecule has 4 nitrogen and oxygen atoms in total. The Labute approximate surface area is 101 Å².